The van der Waals surface area contributed by atoms with Crippen molar-refractivity contribution >= 4 is 58.2 Å². The molecule has 0 spiro atoms. The van der Waals surface area contributed by atoms with Gasteiger partial charge in [0.05, 0.1) is 63.0 Å². The Morgan fingerprint density at radius 3 is 1.92 bits per heavy atom. The molecule has 4 rings (SSSR count). The van der Waals surface area contributed by atoms with Crippen LogP contribution in [0.5, 0.6) is 0 Å². The molecule has 2 saturated heterocycles. The van der Waals surface area contributed by atoms with Crippen LogP contribution in [0.3, 0.4) is 0 Å². The molecule has 0 saturated carbocycles. The van der Waals surface area contributed by atoms with E-state index in [1.807, 2.05) is 18.0 Å². The number of aliphatic carboxylic acids is 4. The molecule has 0 aliphatic carbocycles. The van der Waals surface area contributed by atoms with Gasteiger partial charge in [0.2, 0.25) is 11.8 Å². The average Bonchev–Trinajstić information content (AvgIpc) is 3.53. The molecule has 21 nitrogen and oxygen atoms in total. The Labute approximate surface area is 355 Å². The molecule has 2 aliphatic rings. The lowest BCUT2D eigenvalue weighted by Gasteiger charge is -2.36. The number of carboxylic acid groups (broad SMARTS) is 4. The summed E-state index contributed by atoms with van der Waals surface area (Å²) < 4.78 is 27.7. The molecular weight excluding hydrogens is 822 g/mol. The summed E-state index contributed by atoms with van der Waals surface area (Å²) in [6, 6.07) is 7.34. The first kappa shape index (κ1) is 48.6. The number of likely N-dealkylation sites (tertiary alicyclic amines) is 1. The molecule has 62 heavy (non-hydrogen) atoms. The number of carbonyl (C=O) groups excluding carboxylic acids is 3. The molecule has 5 N–H and O–H groups in total. The minimum Gasteiger partial charge on any atom is -0.480 e. The van der Waals surface area contributed by atoms with Crippen molar-refractivity contribution in [2.45, 2.75) is 24.8 Å². The number of piperazine rings is 1. The van der Waals surface area contributed by atoms with Crippen LogP contribution in [0.25, 0.3) is 10.9 Å². The van der Waals surface area contributed by atoms with Crippen molar-refractivity contribution in [1.29, 1.82) is 5.26 Å². The van der Waals surface area contributed by atoms with Crippen LogP contribution < -0.4 is 10.2 Å². The zero-order valence-corrected chi connectivity index (χ0v) is 34.3. The molecule has 0 radical (unpaired) electrons. The van der Waals surface area contributed by atoms with Gasteiger partial charge in [-0.05, 0) is 37.2 Å². The van der Waals surface area contributed by atoms with Gasteiger partial charge in [-0.2, -0.15) is 5.26 Å². The van der Waals surface area contributed by atoms with Gasteiger partial charge in [0.25, 0.3) is 11.8 Å². The summed E-state index contributed by atoms with van der Waals surface area (Å²) >= 11 is 0. The van der Waals surface area contributed by atoms with E-state index in [9.17, 15) is 68.0 Å². The van der Waals surface area contributed by atoms with Gasteiger partial charge < -0.3 is 40.4 Å². The van der Waals surface area contributed by atoms with Gasteiger partial charge in [0.1, 0.15) is 6.04 Å². The minimum atomic E-state index is -3.18. The second kappa shape index (κ2) is 22.7. The number of pyridine rings is 1. The first-order valence-electron chi connectivity index (χ1n) is 19.8. The summed E-state index contributed by atoms with van der Waals surface area (Å²) in [5.74, 6) is -9.77. The Bertz CT molecular complexity index is 1920. The number of fused-ring (bicyclic) bond motifs is 1. The van der Waals surface area contributed by atoms with E-state index in [4.69, 9.17) is 0 Å². The number of benzene rings is 1. The highest BCUT2D eigenvalue weighted by Gasteiger charge is 2.47. The number of hydrogen-bond donors (Lipinski definition) is 5. The molecule has 338 valence electrons. The fourth-order valence-electron chi connectivity index (χ4n) is 7.32. The van der Waals surface area contributed by atoms with Crippen LogP contribution in [0.15, 0.2) is 30.5 Å². The van der Waals surface area contributed by atoms with Crippen LogP contribution in [-0.4, -0.2) is 227 Å². The standard InChI is InChI=1S/C39H52F2N10O11/c1-45(27-3-4-31-30(17-27)29(5-6-43-31)38(62)44-20-32(52)51-26-39(40,41)18-28(51)19-42)7-2-8-46-13-15-50(16-14-46)33(53)21-47(9-11-48(22-34(54)55)23-35(56)57)10-12-49(24-36(58)59)25-37(60)61/h3-6,17,28H,2,7-16,18,20-26H2,1H3,(H,44,62)(H,54,55)(H,56,57)(H,58,59)(H,60,61)/t28-/m0/s1. The molecule has 1 atom stereocenters. The lowest BCUT2D eigenvalue weighted by atomic mass is 10.1. The minimum absolute atomic E-state index is 0.0293. The van der Waals surface area contributed by atoms with E-state index < -0.39 is 93.3 Å². The molecule has 2 fully saturated rings. The number of rotatable bonds is 24. The van der Waals surface area contributed by atoms with E-state index >= 15 is 0 Å². The van der Waals surface area contributed by atoms with E-state index in [-0.39, 0.29) is 44.2 Å². The number of aromatic nitrogens is 1. The number of halogens is 2. The Morgan fingerprint density at radius 1 is 0.806 bits per heavy atom. The molecule has 3 heterocycles. The van der Waals surface area contributed by atoms with E-state index in [0.717, 1.165) is 17.0 Å². The molecule has 0 bridgehead atoms. The lowest BCUT2D eigenvalue weighted by molar-refractivity contribution is -0.143. The van der Waals surface area contributed by atoms with Crippen molar-refractivity contribution in [3.05, 3.63) is 36.0 Å². The number of amides is 3. The van der Waals surface area contributed by atoms with Crippen molar-refractivity contribution in [2.24, 2.45) is 0 Å². The summed E-state index contributed by atoms with van der Waals surface area (Å²) in [6.45, 7) is -0.442. The van der Waals surface area contributed by atoms with Gasteiger partial charge in [-0.25, -0.2) is 8.78 Å². The van der Waals surface area contributed by atoms with Crippen LogP contribution >= 0.6 is 0 Å². The van der Waals surface area contributed by atoms with E-state index in [2.05, 4.69) is 15.2 Å². The van der Waals surface area contributed by atoms with Crippen molar-refractivity contribution in [1.82, 2.24) is 39.7 Å². The summed E-state index contributed by atoms with van der Waals surface area (Å²) in [7, 11) is 1.89. The fraction of sp³-hybridized carbons (Fsp3) is 0.564. The maximum Gasteiger partial charge on any atom is 0.317 e. The highest BCUT2D eigenvalue weighted by Crippen LogP contribution is 2.31. The van der Waals surface area contributed by atoms with Crippen LogP contribution in [0.2, 0.25) is 0 Å². The molecule has 2 aliphatic heterocycles. The van der Waals surface area contributed by atoms with Crippen molar-refractivity contribution in [2.75, 3.05) is 123 Å². The molecule has 0 unspecified atom stereocenters. The normalized spacial score (nSPS) is 16.4. The van der Waals surface area contributed by atoms with Gasteiger partial charge in [0, 0.05) is 89.6 Å². The number of carboxylic acids is 4. The van der Waals surface area contributed by atoms with Crippen LogP contribution in [0, 0.1) is 11.3 Å². The number of nitriles is 1. The fourth-order valence-corrected chi connectivity index (χ4v) is 7.32. The Hall–Kier alpha value is -6.09. The topological polar surface area (TPSA) is 272 Å². The molecule has 1 aromatic carbocycles. The smallest absolute Gasteiger partial charge is 0.317 e. The van der Waals surface area contributed by atoms with Gasteiger partial charge in [0.15, 0.2) is 0 Å². The van der Waals surface area contributed by atoms with Crippen molar-refractivity contribution in [3.8, 4) is 6.07 Å². The third-order valence-corrected chi connectivity index (χ3v) is 10.5. The highest BCUT2D eigenvalue weighted by molar-refractivity contribution is 6.07. The first-order valence-corrected chi connectivity index (χ1v) is 19.8. The summed E-state index contributed by atoms with van der Waals surface area (Å²) in [6.07, 6.45) is 1.43. The Balaban J connectivity index is 1.28. The number of carbonyl (C=O) groups is 7. The monoisotopic (exact) mass is 874 g/mol. The molecular formula is C39H52F2N10O11. The SMILES string of the molecule is CN(CCCN1CCN(C(=O)CN(CCN(CC(=O)O)CC(=O)O)CCN(CC(=O)O)CC(=O)O)CC1)c1ccc2nccc(C(=O)NCC(=O)N3CC(F)(F)C[C@H]3C#N)c2c1. The molecule has 3 amide bonds. The number of nitrogens with zero attached hydrogens (tertiary/aromatic N) is 9. The van der Waals surface area contributed by atoms with Crippen LogP contribution in [0.1, 0.15) is 23.2 Å². The van der Waals surface area contributed by atoms with Crippen molar-refractivity contribution < 1.29 is 62.8 Å². The third kappa shape index (κ3) is 15.1. The van der Waals surface area contributed by atoms with E-state index in [0.29, 0.717) is 50.2 Å². The second-order valence-corrected chi connectivity index (χ2v) is 15.2. The van der Waals surface area contributed by atoms with E-state index in [1.165, 1.54) is 22.1 Å². The summed E-state index contributed by atoms with van der Waals surface area (Å²) in [4.78, 5) is 99.6. The Morgan fingerprint density at radius 2 is 1.37 bits per heavy atom. The van der Waals surface area contributed by atoms with Gasteiger partial charge >= 0.3 is 23.9 Å². The maximum absolute atomic E-state index is 13.8. The number of nitrogens with one attached hydrogen (secondary N) is 1. The zero-order valence-electron chi connectivity index (χ0n) is 34.3. The zero-order chi connectivity index (χ0) is 45.6. The highest BCUT2D eigenvalue weighted by atomic mass is 19.3. The number of hydrogen-bond acceptors (Lipinski definition) is 14. The van der Waals surface area contributed by atoms with Gasteiger partial charge in [-0.15, -0.1) is 0 Å². The molecule has 2 aromatic rings. The predicted octanol–water partition coefficient (Wildman–Crippen LogP) is -1.06. The van der Waals surface area contributed by atoms with E-state index in [1.54, 1.807) is 28.0 Å². The summed E-state index contributed by atoms with van der Waals surface area (Å²) in [5, 5.41) is 49.1. The largest absolute Gasteiger partial charge is 0.480 e. The van der Waals surface area contributed by atoms with Crippen LogP contribution in [-0.2, 0) is 28.8 Å². The lowest BCUT2D eigenvalue weighted by Crippen LogP contribution is -2.52. The molecule has 23 heteroatoms. The van der Waals surface area contributed by atoms with Gasteiger partial charge in [-0.3, -0.25) is 58.1 Å². The number of alkyl halides is 2. The third-order valence-electron chi connectivity index (χ3n) is 10.5. The quantitative estimate of drug-likeness (QED) is 0.0841. The molecule has 1 aromatic heterocycles. The first-order chi connectivity index (χ1) is 29.3. The predicted molar refractivity (Wildman–Crippen MR) is 216 cm³/mol. The summed E-state index contributed by atoms with van der Waals surface area (Å²) in [5.41, 5.74) is 1.54. The second-order valence-electron chi connectivity index (χ2n) is 15.2. The Kier molecular flexibility index (Phi) is 17.8. The number of anilines is 1. The average molecular weight is 875 g/mol. The van der Waals surface area contributed by atoms with Crippen molar-refractivity contribution in [3.63, 3.8) is 0 Å². The van der Waals surface area contributed by atoms with Gasteiger partial charge in [-0.1, -0.05) is 0 Å². The maximum atomic E-state index is 13.8. The van der Waals surface area contributed by atoms with Crippen LogP contribution in [0.4, 0.5) is 14.5 Å².